The van der Waals surface area contributed by atoms with Crippen LogP contribution in [-0.2, 0) is 11.3 Å². The maximum Gasteiger partial charge on any atom is 0.303 e. The molecule has 0 atom stereocenters. The molecule has 1 N–H and O–H groups in total. The number of carboxylic acids is 1. The molecular weight excluding hydrogens is 272 g/mol. The van der Waals surface area contributed by atoms with Crippen LogP contribution >= 0.6 is 0 Å². The predicted octanol–water partition coefficient (Wildman–Crippen LogP) is 1.99. The molecule has 0 radical (unpaired) electrons. The average Bonchev–Trinajstić information content (AvgIpc) is 2.94. The van der Waals surface area contributed by atoms with E-state index in [1.807, 2.05) is 24.3 Å². The highest BCUT2D eigenvalue weighted by molar-refractivity contribution is 5.66. The first-order valence-corrected chi connectivity index (χ1v) is 6.83. The summed E-state index contributed by atoms with van der Waals surface area (Å²) in [6.07, 6.45) is 2.54. The highest BCUT2D eigenvalue weighted by atomic mass is 16.5. The minimum Gasteiger partial charge on any atom is -0.496 e. The first kappa shape index (κ1) is 15.0. The van der Waals surface area contributed by atoms with Crippen molar-refractivity contribution in [2.45, 2.75) is 32.2 Å². The van der Waals surface area contributed by atoms with Gasteiger partial charge in [-0.2, -0.15) is 0 Å². The summed E-state index contributed by atoms with van der Waals surface area (Å²) < 4.78 is 7.04. The Balaban J connectivity index is 2.00. The van der Waals surface area contributed by atoms with E-state index in [1.54, 1.807) is 11.8 Å². The summed E-state index contributed by atoms with van der Waals surface area (Å²) in [5.41, 5.74) is 0.843. The molecular formula is C14H18N4O3. The van der Waals surface area contributed by atoms with Gasteiger partial charge in [-0.15, -0.1) is 5.10 Å². The number of hydrogen-bond acceptors (Lipinski definition) is 5. The summed E-state index contributed by atoms with van der Waals surface area (Å²) >= 11 is 0. The van der Waals surface area contributed by atoms with Crippen LogP contribution in [0.15, 0.2) is 24.3 Å². The molecule has 112 valence electrons. The molecule has 0 saturated carbocycles. The van der Waals surface area contributed by atoms with Crippen molar-refractivity contribution in [1.82, 2.24) is 20.2 Å². The molecule has 1 heterocycles. The third-order valence-corrected chi connectivity index (χ3v) is 3.14. The molecule has 21 heavy (non-hydrogen) atoms. The van der Waals surface area contributed by atoms with Crippen molar-refractivity contribution in [3.63, 3.8) is 0 Å². The predicted molar refractivity (Wildman–Crippen MR) is 75.9 cm³/mol. The van der Waals surface area contributed by atoms with Gasteiger partial charge >= 0.3 is 5.97 Å². The van der Waals surface area contributed by atoms with Crippen molar-refractivity contribution >= 4 is 5.97 Å². The fraction of sp³-hybridized carbons (Fsp3) is 0.429. The van der Waals surface area contributed by atoms with E-state index in [1.165, 1.54) is 0 Å². The third kappa shape index (κ3) is 4.01. The number of benzene rings is 1. The van der Waals surface area contributed by atoms with Crippen LogP contribution in [0.5, 0.6) is 5.75 Å². The van der Waals surface area contributed by atoms with Crippen LogP contribution in [0.2, 0.25) is 0 Å². The number of aliphatic carboxylic acids is 1. The molecule has 0 amide bonds. The van der Waals surface area contributed by atoms with Gasteiger partial charge in [0.05, 0.1) is 12.7 Å². The largest absolute Gasteiger partial charge is 0.496 e. The van der Waals surface area contributed by atoms with E-state index in [9.17, 15) is 4.79 Å². The SMILES string of the molecule is COc1ccccc1-c1nnnn1CCCCCC(=O)O. The third-order valence-electron chi connectivity index (χ3n) is 3.14. The van der Waals surface area contributed by atoms with Crippen LogP contribution in [0.4, 0.5) is 0 Å². The number of unbranched alkanes of at least 4 members (excludes halogenated alkanes) is 2. The Labute approximate surface area is 122 Å². The van der Waals surface area contributed by atoms with E-state index < -0.39 is 5.97 Å². The molecule has 0 unspecified atom stereocenters. The van der Waals surface area contributed by atoms with Gasteiger partial charge in [-0.25, -0.2) is 4.68 Å². The quantitative estimate of drug-likeness (QED) is 0.748. The van der Waals surface area contributed by atoms with E-state index >= 15 is 0 Å². The number of aromatic nitrogens is 4. The highest BCUT2D eigenvalue weighted by Crippen LogP contribution is 2.27. The van der Waals surface area contributed by atoms with Crippen LogP contribution in [0.3, 0.4) is 0 Å². The van der Waals surface area contributed by atoms with E-state index in [4.69, 9.17) is 9.84 Å². The molecule has 0 saturated heterocycles. The van der Waals surface area contributed by atoms with Gasteiger partial charge in [0.15, 0.2) is 5.82 Å². The summed E-state index contributed by atoms with van der Waals surface area (Å²) in [5, 5.41) is 20.3. The number of para-hydroxylation sites is 1. The first-order valence-electron chi connectivity index (χ1n) is 6.83. The van der Waals surface area contributed by atoms with Gasteiger partial charge in [0.2, 0.25) is 0 Å². The molecule has 7 nitrogen and oxygen atoms in total. The van der Waals surface area contributed by atoms with Crippen LogP contribution in [0, 0.1) is 0 Å². The number of rotatable bonds is 8. The molecule has 1 aromatic carbocycles. The van der Waals surface area contributed by atoms with Gasteiger partial charge in [-0.1, -0.05) is 18.6 Å². The number of tetrazole rings is 1. The molecule has 7 heteroatoms. The second kappa shape index (κ2) is 7.37. The van der Waals surface area contributed by atoms with Crippen molar-refractivity contribution in [2.75, 3.05) is 7.11 Å². The maximum absolute atomic E-state index is 10.4. The minimum absolute atomic E-state index is 0.203. The summed E-state index contributed by atoms with van der Waals surface area (Å²) in [7, 11) is 1.61. The molecule has 0 aliphatic rings. The molecule has 0 spiro atoms. The number of hydrogen-bond donors (Lipinski definition) is 1. The Morgan fingerprint density at radius 1 is 1.29 bits per heavy atom. The molecule has 2 rings (SSSR count). The number of methoxy groups -OCH3 is 1. The monoisotopic (exact) mass is 290 g/mol. The first-order chi connectivity index (χ1) is 10.2. The Kier molecular flexibility index (Phi) is 5.25. The molecule has 0 aliphatic carbocycles. The normalized spacial score (nSPS) is 10.5. The number of ether oxygens (including phenoxy) is 1. The zero-order valence-corrected chi connectivity index (χ0v) is 11.9. The van der Waals surface area contributed by atoms with E-state index in [2.05, 4.69) is 15.5 Å². The fourth-order valence-corrected chi connectivity index (χ4v) is 2.09. The van der Waals surface area contributed by atoms with Gasteiger partial charge in [0, 0.05) is 13.0 Å². The second-order valence-corrected chi connectivity index (χ2v) is 4.63. The van der Waals surface area contributed by atoms with Crippen molar-refractivity contribution in [3.8, 4) is 17.1 Å². The number of carbonyl (C=O) groups is 1. The van der Waals surface area contributed by atoms with E-state index in [0.29, 0.717) is 18.8 Å². The molecule has 2 aromatic rings. The van der Waals surface area contributed by atoms with Gasteiger partial charge in [-0.3, -0.25) is 4.79 Å². The lowest BCUT2D eigenvalue weighted by Crippen LogP contribution is -2.04. The van der Waals surface area contributed by atoms with Crippen molar-refractivity contribution in [3.05, 3.63) is 24.3 Å². The van der Waals surface area contributed by atoms with Gasteiger partial charge in [0.1, 0.15) is 5.75 Å². The number of nitrogens with zero attached hydrogens (tertiary/aromatic N) is 4. The summed E-state index contributed by atoms with van der Waals surface area (Å²) in [6.45, 7) is 0.653. The van der Waals surface area contributed by atoms with E-state index in [-0.39, 0.29) is 6.42 Å². The Hall–Kier alpha value is -2.44. The zero-order valence-electron chi connectivity index (χ0n) is 11.9. The van der Waals surface area contributed by atoms with E-state index in [0.717, 1.165) is 24.2 Å². The summed E-state index contributed by atoms with van der Waals surface area (Å²) in [6, 6.07) is 7.57. The van der Waals surface area contributed by atoms with Crippen molar-refractivity contribution in [2.24, 2.45) is 0 Å². The number of carboxylic acid groups (broad SMARTS) is 1. The lowest BCUT2D eigenvalue weighted by atomic mass is 10.1. The Morgan fingerprint density at radius 3 is 2.86 bits per heavy atom. The summed E-state index contributed by atoms with van der Waals surface area (Å²) in [4.78, 5) is 10.4. The van der Waals surface area contributed by atoms with Crippen LogP contribution in [0.25, 0.3) is 11.4 Å². The fourth-order valence-electron chi connectivity index (χ4n) is 2.09. The van der Waals surface area contributed by atoms with Gasteiger partial charge in [-0.05, 0) is 35.4 Å². The molecule has 0 bridgehead atoms. The standard InChI is InChI=1S/C14H18N4O3/c1-21-12-8-5-4-7-11(12)14-15-16-17-18(14)10-6-2-3-9-13(19)20/h4-5,7-8H,2-3,6,9-10H2,1H3,(H,19,20). The minimum atomic E-state index is -0.757. The van der Waals surface area contributed by atoms with Crippen molar-refractivity contribution in [1.29, 1.82) is 0 Å². The summed E-state index contributed by atoms with van der Waals surface area (Å²) in [5.74, 6) is 0.622. The molecule has 1 aromatic heterocycles. The smallest absolute Gasteiger partial charge is 0.303 e. The van der Waals surface area contributed by atoms with Gasteiger partial charge < -0.3 is 9.84 Å². The topological polar surface area (TPSA) is 90.1 Å². The second-order valence-electron chi connectivity index (χ2n) is 4.63. The number of aryl methyl sites for hydroxylation is 1. The van der Waals surface area contributed by atoms with Crippen LogP contribution < -0.4 is 4.74 Å². The van der Waals surface area contributed by atoms with Crippen LogP contribution in [0.1, 0.15) is 25.7 Å². The zero-order chi connectivity index (χ0) is 15.1. The Morgan fingerprint density at radius 2 is 2.10 bits per heavy atom. The lowest BCUT2D eigenvalue weighted by molar-refractivity contribution is -0.137. The average molecular weight is 290 g/mol. The Bertz CT molecular complexity index is 597. The molecule has 0 fully saturated rings. The van der Waals surface area contributed by atoms with Crippen LogP contribution in [-0.4, -0.2) is 38.4 Å². The van der Waals surface area contributed by atoms with Gasteiger partial charge in [0.25, 0.3) is 0 Å². The van der Waals surface area contributed by atoms with Crippen molar-refractivity contribution < 1.29 is 14.6 Å². The molecule has 0 aliphatic heterocycles. The highest BCUT2D eigenvalue weighted by Gasteiger charge is 2.13. The maximum atomic E-state index is 10.4. The lowest BCUT2D eigenvalue weighted by Gasteiger charge is -2.08.